The first-order valence-electron chi connectivity index (χ1n) is 6.62. The van der Waals surface area contributed by atoms with Crippen LogP contribution in [0.1, 0.15) is 0 Å². The van der Waals surface area contributed by atoms with Crippen LogP contribution in [0.2, 0.25) is 0 Å². The van der Waals surface area contributed by atoms with Crippen molar-refractivity contribution in [1.82, 2.24) is 0 Å². The molecule has 195 valence electrons. The van der Waals surface area contributed by atoms with Gasteiger partial charge in [0.05, 0.1) is 0 Å². The second-order valence-electron chi connectivity index (χ2n) is 3.84. The van der Waals surface area contributed by atoms with Crippen LogP contribution < -0.4 is 0 Å². The summed E-state index contributed by atoms with van der Waals surface area (Å²) in [5.74, 6) is 0. The van der Waals surface area contributed by atoms with Crippen LogP contribution in [0.4, 0.5) is 0 Å². The molecule has 0 saturated heterocycles. The Hall–Kier alpha value is -2.17. The van der Waals surface area contributed by atoms with E-state index in [1.807, 2.05) is 0 Å². The van der Waals surface area contributed by atoms with Gasteiger partial charge in [-0.3, -0.25) is 14.4 Å². The van der Waals surface area contributed by atoms with E-state index < -0.39 is 35.4 Å². The molecule has 0 atom stereocenters. The van der Waals surface area contributed by atoms with Crippen molar-refractivity contribution in [3.05, 3.63) is 0 Å². The Kier molecular flexibility index (Phi) is 45.6. The molecule has 0 bridgehead atoms. The van der Waals surface area contributed by atoms with Crippen LogP contribution in [0, 0.1) is 153 Å². The van der Waals surface area contributed by atoms with E-state index in [2.05, 4.69) is 20.4 Å². The first-order chi connectivity index (χ1) is 18.4. The van der Waals surface area contributed by atoms with Gasteiger partial charge in [-0.2, -0.15) is 0 Å². The molecule has 42 heavy (non-hydrogen) atoms. The first-order valence-corrected chi connectivity index (χ1v) is 14.9. The Bertz CT molecular complexity index is 1140. The molecule has 18 nitrogen and oxygen atoms in total. The molecule has 6 radical (unpaired) electrons. The molecule has 0 fully saturated rings. The summed E-state index contributed by atoms with van der Waals surface area (Å²) in [6.07, 6.45) is 0. The van der Waals surface area contributed by atoms with Crippen molar-refractivity contribution < 1.29 is 49.8 Å². The van der Waals surface area contributed by atoms with Crippen molar-refractivity contribution >= 4 is 175 Å². The van der Waals surface area contributed by atoms with Gasteiger partial charge in [0.1, 0.15) is 0 Å². The molecule has 24 heteroatoms. The predicted molar refractivity (Wildman–Crippen MR) is 123 cm³/mol. The third-order valence-electron chi connectivity index (χ3n) is 2.37. The van der Waals surface area contributed by atoms with Crippen LogP contribution in [0.15, 0.2) is 0 Å². The van der Waals surface area contributed by atoms with Crippen LogP contribution in [-0.2, 0) is 49.8 Å². The second-order valence-corrected chi connectivity index (χ2v) is 15.8. The van der Waals surface area contributed by atoms with Gasteiger partial charge in [0, 0.05) is 0 Å². The van der Waals surface area contributed by atoms with E-state index in [-0.39, 0.29) is 154 Å². The van der Waals surface area contributed by atoms with Gasteiger partial charge < -0.3 is 0 Å². The molecule has 0 aromatic carbocycles. The van der Waals surface area contributed by atoms with Gasteiger partial charge in [-0.25, -0.2) is 0 Å². The molecular weight excluding hydrogens is 759 g/mol. The number of hydrogen-bond donors (Lipinski definition) is 0. The number of rotatable bonds is 0. The Morgan fingerprint density at radius 3 is 0.286 bits per heavy atom. The van der Waals surface area contributed by atoms with Crippen LogP contribution in [-0.4, -0.2) is 175 Å². The van der Waals surface area contributed by atoms with E-state index in [9.17, 15) is 0 Å². The molecule has 0 amide bonds. The van der Waals surface area contributed by atoms with Gasteiger partial charge in [-0.1, -0.05) is 0 Å². The van der Waals surface area contributed by atoms with Gasteiger partial charge in [0.2, 0.25) is 0 Å². The number of hydrogen-bond acceptors (Lipinski definition) is 18. The summed E-state index contributed by atoms with van der Waals surface area (Å²) in [4.78, 5) is 40.9. The summed E-state index contributed by atoms with van der Waals surface area (Å²) in [6, 6.07) is 0. The van der Waals surface area contributed by atoms with E-state index in [1.54, 1.807) is 0 Å². The fourth-order valence-electron chi connectivity index (χ4n) is 0.530. The van der Waals surface area contributed by atoms with Crippen molar-refractivity contribution in [1.29, 1.82) is 78.9 Å². The van der Waals surface area contributed by atoms with Crippen LogP contribution in [0.25, 0.3) is 0 Å². The van der Waals surface area contributed by atoms with Crippen LogP contribution in [0.3, 0.4) is 0 Å². The summed E-state index contributed by atoms with van der Waals surface area (Å²) >= 11 is -14.3. The topological polar surface area (TPSA) is 408 Å². The number of nitrogens with zero attached hydrogens (tertiary/aromatic N) is 15. The zero-order chi connectivity index (χ0) is 32.9. The average molecular weight is 762 g/mol. The first kappa shape index (κ1) is 63.2. The van der Waals surface area contributed by atoms with E-state index in [4.69, 9.17) is 93.3 Å². The molecule has 0 rings (SSSR count). The third kappa shape index (κ3) is 15.3. The normalized spacial score (nSPS) is 9.21. The Morgan fingerprint density at radius 2 is 0.286 bits per heavy atom. The van der Waals surface area contributed by atoms with Gasteiger partial charge in [-0.05, 0) is 0 Å². The van der Waals surface area contributed by atoms with Gasteiger partial charge >= 0.3 is 343 Å². The van der Waals surface area contributed by atoms with Crippen LogP contribution >= 0.6 is 0 Å². The summed E-state index contributed by atoms with van der Waals surface area (Å²) in [5.41, 5.74) is 0. The van der Waals surface area contributed by atoms with Crippen molar-refractivity contribution in [2.45, 2.75) is 0 Å². The quantitative estimate of drug-likeness (QED) is 0.223. The van der Waals surface area contributed by atoms with E-state index in [1.165, 1.54) is 74.5 Å². The molecule has 0 aromatic rings. The Balaban J connectivity index is -0.0000000492. The molecule has 0 saturated carbocycles. The van der Waals surface area contributed by atoms with Crippen molar-refractivity contribution in [2.24, 2.45) is 0 Å². The summed E-state index contributed by atoms with van der Waals surface area (Å²) in [7, 11) is 0. The molecule has 0 aliphatic carbocycles. The van der Waals surface area contributed by atoms with E-state index >= 15 is 0 Å². The molecule has 0 spiro atoms. The molecule has 0 unspecified atom stereocenters. The summed E-state index contributed by atoms with van der Waals surface area (Å²) in [6.45, 7) is 13.5. The Morgan fingerprint density at radius 1 is 0.238 bits per heavy atom. The third-order valence-corrected chi connectivity index (χ3v) is 9.78. The van der Waals surface area contributed by atoms with Gasteiger partial charge in [0.25, 0.3) is 20.4 Å². The average Bonchev–Trinajstić information content (AvgIpc) is 3.07. The molecule has 0 heterocycles. The van der Waals surface area contributed by atoms with Crippen molar-refractivity contribution in [3.8, 4) is 74.5 Å². The van der Waals surface area contributed by atoms with E-state index in [0.29, 0.717) is 0 Å². The maximum absolute atomic E-state index is 8.35. The SMILES string of the molecule is N#[C][Fe]([C]#N)([C]#N)([C]#N)[C]#N.N#[C][Fe]([C]#N)([C]#N)([C]#N)[C]#N.N#[C][Fe]([C]#N)([C]#N)([C]#N)[C]#N.[C]=O.[C]=O.[C]=O.[KH].[KH].[KH]. The Labute approximate surface area is 369 Å². The maximum atomic E-state index is 8.35. The summed E-state index contributed by atoms with van der Waals surface area (Å²) < 4.78 is 0. The van der Waals surface area contributed by atoms with Gasteiger partial charge in [-0.15, -0.1) is 0 Å². The predicted octanol–water partition coefficient (Wildman–Crippen LogP) is -2.89. The second kappa shape index (κ2) is 30.3. The minimum atomic E-state index is -4.78. The zero-order valence-electron chi connectivity index (χ0n) is 18.0. The molecule has 0 N–H and O–H groups in total. The fourth-order valence-corrected chi connectivity index (χ4v) is 2.19. The molecule has 0 aromatic heterocycles. The van der Waals surface area contributed by atoms with Crippen molar-refractivity contribution in [3.63, 3.8) is 0 Å². The standard InChI is InChI=1S/15CN.3CO.3Fe.3K.3H/c18*1-2;;;;;;;;;. The summed E-state index contributed by atoms with van der Waals surface area (Å²) in [5, 5.41) is 125. The molecule has 0 aliphatic heterocycles. The van der Waals surface area contributed by atoms with Crippen molar-refractivity contribution in [2.75, 3.05) is 0 Å². The number of carbonyl (C=O) groups excluding carboxylic acids is 3. The monoisotopic (exact) mass is 762 g/mol. The molecule has 0 aliphatic rings. The van der Waals surface area contributed by atoms with Crippen LogP contribution in [0.5, 0.6) is 0 Å². The van der Waals surface area contributed by atoms with E-state index in [0.717, 1.165) is 0 Å². The van der Waals surface area contributed by atoms with Gasteiger partial charge in [0.15, 0.2) is 0 Å². The number of nitriles is 15. The fraction of sp³-hybridized carbons (Fsp3) is 0. The molecular formula is C18H3Fe3K3N15O3. The minimum absolute atomic E-state index is 0. The zero-order valence-corrected chi connectivity index (χ0v) is 21.3.